The van der Waals surface area contributed by atoms with Gasteiger partial charge in [-0.05, 0) is 58.0 Å². The van der Waals surface area contributed by atoms with Crippen LogP contribution in [0.1, 0.15) is 67.2 Å². The molecule has 0 aromatic heterocycles. The van der Waals surface area contributed by atoms with Gasteiger partial charge in [0.15, 0.2) is 0 Å². The largest absolute Gasteiger partial charge is 0.465 e. The van der Waals surface area contributed by atoms with Crippen LogP contribution in [-0.2, 0) is 9.53 Å². The lowest BCUT2D eigenvalue weighted by Gasteiger charge is -2.30. The smallest absolute Gasteiger partial charge is 0.326 e. The fourth-order valence-corrected chi connectivity index (χ4v) is 3.46. The fourth-order valence-electron chi connectivity index (χ4n) is 2.25. The van der Waals surface area contributed by atoms with Gasteiger partial charge in [-0.15, -0.1) is 0 Å². The first kappa shape index (κ1) is 20.8. The molecule has 0 aromatic carbocycles. The summed E-state index contributed by atoms with van der Waals surface area (Å²) in [7, 11) is 0. The number of esters is 1. The van der Waals surface area contributed by atoms with Gasteiger partial charge in [0.1, 0.15) is 5.54 Å². The van der Waals surface area contributed by atoms with Gasteiger partial charge in [0, 0.05) is 6.04 Å². The van der Waals surface area contributed by atoms with E-state index >= 15 is 0 Å². The standard InChI is InChI=1S/C17H35NO2S/c1-7-15(5)13-21-12-10-9-11-17(6,18-14(3)4)16(19)20-8-2/h14-15,18H,7-13H2,1-6H3. The molecule has 0 spiro atoms. The summed E-state index contributed by atoms with van der Waals surface area (Å²) in [6.07, 6.45) is 4.32. The Balaban J connectivity index is 4.10. The summed E-state index contributed by atoms with van der Waals surface area (Å²) in [4.78, 5) is 12.2. The highest BCUT2D eigenvalue weighted by Crippen LogP contribution is 2.19. The van der Waals surface area contributed by atoms with Crippen LogP contribution in [0, 0.1) is 5.92 Å². The lowest BCUT2D eigenvalue weighted by molar-refractivity contribution is -0.151. The molecule has 0 rings (SSSR count). The lowest BCUT2D eigenvalue weighted by atomic mass is 9.94. The van der Waals surface area contributed by atoms with Gasteiger partial charge in [-0.25, -0.2) is 0 Å². The quantitative estimate of drug-likeness (QED) is 0.431. The van der Waals surface area contributed by atoms with Gasteiger partial charge in [-0.3, -0.25) is 10.1 Å². The van der Waals surface area contributed by atoms with Crippen LogP contribution in [0.5, 0.6) is 0 Å². The molecule has 0 saturated heterocycles. The van der Waals surface area contributed by atoms with E-state index in [0.29, 0.717) is 6.61 Å². The highest BCUT2D eigenvalue weighted by Gasteiger charge is 2.34. The number of carbonyl (C=O) groups excluding carboxylic acids is 1. The third-order valence-electron chi connectivity index (χ3n) is 3.65. The van der Waals surface area contributed by atoms with Crippen molar-refractivity contribution in [3.63, 3.8) is 0 Å². The van der Waals surface area contributed by atoms with Crippen molar-refractivity contribution in [2.24, 2.45) is 5.92 Å². The Kier molecular flexibility index (Phi) is 11.2. The molecule has 0 aliphatic rings. The monoisotopic (exact) mass is 317 g/mol. The normalized spacial score (nSPS) is 15.8. The molecule has 0 radical (unpaired) electrons. The van der Waals surface area contributed by atoms with Crippen molar-refractivity contribution in [1.29, 1.82) is 0 Å². The Morgan fingerprint density at radius 3 is 2.43 bits per heavy atom. The first-order valence-corrected chi connectivity index (χ1v) is 9.53. The second kappa shape index (κ2) is 11.4. The van der Waals surface area contributed by atoms with E-state index < -0.39 is 5.54 Å². The SMILES string of the molecule is CCOC(=O)C(C)(CCCCSCC(C)CC)NC(C)C. The lowest BCUT2D eigenvalue weighted by Crippen LogP contribution is -2.53. The Hall–Kier alpha value is -0.220. The highest BCUT2D eigenvalue weighted by molar-refractivity contribution is 7.99. The second-order valence-corrected chi connectivity index (χ2v) is 7.55. The summed E-state index contributed by atoms with van der Waals surface area (Å²) < 4.78 is 5.23. The van der Waals surface area contributed by atoms with E-state index in [1.54, 1.807) is 0 Å². The van der Waals surface area contributed by atoms with Crippen LogP contribution in [0.25, 0.3) is 0 Å². The highest BCUT2D eigenvalue weighted by atomic mass is 32.2. The van der Waals surface area contributed by atoms with Crippen molar-refractivity contribution in [3.05, 3.63) is 0 Å². The average molecular weight is 318 g/mol. The minimum absolute atomic E-state index is 0.119. The van der Waals surface area contributed by atoms with Crippen molar-refractivity contribution in [3.8, 4) is 0 Å². The minimum Gasteiger partial charge on any atom is -0.465 e. The maximum Gasteiger partial charge on any atom is 0.326 e. The molecule has 0 amide bonds. The van der Waals surface area contributed by atoms with Gasteiger partial charge in [0.05, 0.1) is 6.61 Å². The molecule has 0 aliphatic carbocycles. The molecule has 4 heteroatoms. The fraction of sp³-hybridized carbons (Fsp3) is 0.941. The van der Waals surface area contributed by atoms with E-state index in [2.05, 4.69) is 33.0 Å². The number of hydrogen-bond acceptors (Lipinski definition) is 4. The summed E-state index contributed by atoms with van der Waals surface area (Å²) >= 11 is 2.03. The molecule has 21 heavy (non-hydrogen) atoms. The van der Waals surface area contributed by atoms with Gasteiger partial charge in [-0.2, -0.15) is 11.8 Å². The second-order valence-electron chi connectivity index (χ2n) is 6.40. The van der Waals surface area contributed by atoms with E-state index in [1.807, 2.05) is 25.6 Å². The molecule has 0 fully saturated rings. The first-order valence-electron chi connectivity index (χ1n) is 8.38. The number of unbranched alkanes of at least 4 members (excludes halogenated alkanes) is 1. The van der Waals surface area contributed by atoms with Crippen LogP contribution in [0.4, 0.5) is 0 Å². The molecule has 0 aliphatic heterocycles. The summed E-state index contributed by atoms with van der Waals surface area (Å²) in [6, 6.07) is 0.277. The van der Waals surface area contributed by atoms with Gasteiger partial charge >= 0.3 is 5.97 Å². The molecule has 3 nitrogen and oxygen atoms in total. The predicted molar refractivity (Wildman–Crippen MR) is 93.9 cm³/mol. The maximum absolute atomic E-state index is 12.2. The Labute approximate surface area is 136 Å². The van der Waals surface area contributed by atoms with Crippen molar-refractivity contribution < 1.29 is 9.53 Å². The number of nitrogens with one attached hydrogen (secondary N) is 1. The number of ether oxygens (including phenoxy) is 1. The minimum atomic E-state index is -0.550. The van der Waals surface area contributed by atoms with E-state index in [9.17, 15) is 4.79 Å². The number of carbonyl (C=O) groups is 1. The van der Waals surface area contributed by atoms with Crippen LogP contribution >= 0.6 is 11.8 Å². The van der Waals surface area contributed by atoms with E-state index in [4.69, 9.17) is 4.74 Å². The third kappa shape index (κ3) is 9.41. The van der Waals surface area contributed by atoms with E-state index in [1.165, 1.54) is 17.9 Å². The Morgan fingerprint density at radius 2 is 1.90 bits per heavy atom. The molecule has 0 saturated carbocycles. The van der Waals surface area contributed by atoms with E-state index in [-0.39, 0.29) is 12.0 Å². The third-order valence-corrected chi connectivity index (χ3v) is 5.03. The number of hydrogen-bond donors (Lipinski definition) is 1. The molecule has 0 heterocycles. The van der Waals surface area contributed by atoms with Crippen LogP contribution < -0.4 is 5.32 Å². The molecule has 2 atom stereocenters. The zero-order valence-corrected chi connectivity index (χ0v) is 15.6. The Morgan fingerprint density at radius 1 is 1.24 bits per heavy atom. The van der Waals surface area contributed by atoms with Gasteiger partial charge in [-0.1, -0.05) is 26.7 Å². The zero-order valence-electron chi connectivity index (χ0n) is 14.8. The van der Waals surface area contributed by atoms with Gasteiger partial charge in [0.2, 0.25) is 0 Å². The molecule has 0 aromatic rings. The van der Waals surface area contributed by atoms with Gasteiger partial charge in [0.25, 0.3) is 0 Å². The molecule has 126 valence electrons. The maximum atomic E-state index is 12.2. The molecular weight excluding hydrogens is 282 g/mol. The molecule has 2 unspecified atom stereocenters. The molecule has 0 bridgehead atoms. The summed E-state index contributed by atoms with van der Waals surface area (Å²) in [5.74, 6) is 3.12. The Bertz CT molecular complexity index is 284. The average Bonchev–Trinajstić information content (AvgIpc) is 2.41. The summed E-state index contributed by atoms with van der Waals surface area (Å²) in [5.41, 5.74) is -0.550. The van der Waals surface area contributed by atoms with Gasteiger partial charge < -0.3 is 4.74 Å². The van der Waals surface area contributed by atoms with Crippen LogP contribution in [-0.4, -0.2) is 35.7 Å². The van der Waals surface area contributed by atoms with Crippen LogP contribution in [0.15, 0.2) is 0 Å². The summed E-state index contributed by atoms with van der Waals surface area (Å²) in [6.45, 7) is 13.0. The van der Waals surface area contributed by atoms with Crippen molar-refractivity contribution >= 4 is 17.7 Å². The molecule has 1 N–H and O–H groups in total. The number of thioether (sulfide) groups is 1. The molecular formula is C17H35NO2S. The van der Waals surface area contributed by atoms with Crippen molar-refractivity contribution in [1.82, 2.24) is 5.32 Å². The van der Waals surface area contributed by atoms with Crippen molar-refractivity contribution in [2.45, 2.75) is 78.8 Å². The zero-order chi connectivity index (χ0) is 16.3. The van der Waals surface area contributed by atoms with Crippen molar-refractivity contribution in [2.75, 3.05) is 18.1 Å². The topological polar surface area (TPSA) is 38.3 Å². The summed E-state index contributed by atoms with van der Waals surface area (Å²) in [5, 5.41) is 3.38. The van der Waals surface area contributed by atoms with E-state index in [0.717, 1.165) is 25.2 Å². The van der Waals surface area contributed by atoms with Crippen LogP contribution in [0.3, 0.4) is 0 Å². The number of rotatable bonds is 12. The van der Waals surface area contributed by atoms with Crippen LogP contribution in [0.2, 0.25) is 0 Å². The predicted octanol–water partition coefficient (Wildman–Crippen LogP) is 4.26. The first-order chi connectivity index (χ1) is 9.85.